The first-order valence-electron chi connectivity index (χ1n) is 14.2. The van der Waals surface area contributed by atoms with E-state index in [4.69, 9.17) is 14.2 Å². The molecule has 0 bridgehead atoms. The Labute approximate surface area is 228 Å². The monoisotopic (exact) mass is 551 g/mol. The van der Waals surface area contributed by atoms with E-state index in [1.54, 1.807) is 23.5 Å². The summed E-state index contributed by atoms with van der Waals surface area (Å²) in [5, 5.41) is 0. The zero-order valence-electron chi connectivity index (χ0n) is 23.3. The molecule has 9 nitrogen and oxygen atoms in total. The number of methoxy groups -OCH3 is 1. The summed E-state index contributed by atoms with van der Waals surface area (Å²) in [7, 11) is -2.13. The van der Waals surface area contributed by atoms with Crippen molar-refractivity contribution < 1.29 is 27.4 Å². The second kappa shape index (κ2) is 13.6. The Morgan fingerprint density at radius 1 is 0.974 bits per heavy atom. The minimum Gasteiger partial charge on any atom is -0.497 e. The van der Waals surface area contributed by atoms with Gasteiger partial charge in [-0.1, -0.05) is 6.42 Å². The van der Waals surface area contributed by atoms with Crippen LogP contribution in [-0.4, -0.2) is 107 Å². The summed E-state index contributed by atoms with van der Waals surface area (Å²) in [6.07, 6.45) is 6.68. The van der Waals surface area contributed by atoms with Crippen molar-refractivity contribution in [3.05, 3.63) is 23.3 Å². The van der Waals surface area contributed by atoms with Crippen LogP contribution in [0, 0.1) is 13.8 Å². The van der Waals surface area contributed by atoms with E-state index in [9.17, 15) is 13.2 Å². The molecule has 0 aromatic heterocycles. The largest absolute Gasteiger partial charge is 0.497 e. The molecule has 1 amide bonds. The number of benzene rings is 1. The molecule has 3 aliphatic heterocycles. The molecule has 0 N–H and O–H groups in total. The molecule has 1 aromatic rings. The number of rotatable bonds is 10. The first kappa shape index (κ1) is 29.3. The standard InChI is InChI=1S/C28H45N3O6S/c1-22-18-26(35-3)19-23(2)28(22)38(33,34)31-12-7-5-9-25(31)20-37-21-27(32)30-11-6-4-8-24(30)10-13-29-14-16-36-17-15-29/h18-19,24-25H,4-17,20-21H2,1-3H3. The Kier molecular flexibility index (Phi) is 10.4. The second-order valence-electron chi connectivity index (χ2n) is 10.9. The molecule has 1 aromatic carbocycles. The van der Waals surface area contributed by atoms with E-state index in [1.807, 2.05) is 18.7 Å². The summed E-state index contributed by atoms with van der Waals surface area (Å²) < 4.78 is 45.8. The van der Waals surface area contributed by atoms with Crippen molar-refractivity contribution in [2.75, 3.05) is 66.3 Å². The maximum atomic E-state index is 13.8. The highest BCUT2D eigenvalue weighted by molar-refractivity contribution is 7.89. The maximum absolute atomic E-state index is 13.8. The Morgan fingerprint density at radius 3 is 2.32 bits per heavy atom. The van der Waals surface area contributed by atoms with E-state index in [-0.39, 0.29) is 31.2 Å². The van der Waals surface area contributed by atoms with E-state index in [1.165, 1.54) is 0 Å². The minimum atomic E-state index is -3.71. The first-order valence-corrected chi connectivity index (χ1v) is 15.6. The van der Waals surface area contributed by atoms with Gasteiger partial charge in [0.05, 0.1) is 31.8 Å². The molecule has 0 spiro atoms. The molecule has 2 unspecified atom stereocenters. The van der Waals surface area contributed by atoms with Gasteiger partial charge in [-0.05, 0) is 75.6 Å². The smallest absolute Gasteiger partial charge is 0.248 e. The Balaban J connectivity index is 1.35. The molecule has 2 atom stereocenters. The van der Waals surface area contributed by atoms with Crippen LogP contribution in [0.25, 0.3) is 0 Å². The third-order valence-corrected chi connectivity index (χ3v) is 10.4. The molecule has 3 heterocycles. The van der Waals surface area contributed by atoms with Crippen LogP contribution in [0.2, 0.25) is 0 Å². The third kappa shape index (κ3) is 7.07. The van der Waals surface area contributed by atoms with Gasteiger partial charge in [0, 0.05) is 44.8 Å². The molecule has 3 saturated heterocycles. The Morgan fingerprint density at radius 2 is 1.63 bits per heavy atom. The molecule has 4 rings (SSSR count). The lowest BCUT2D eigenvalue weighted by Gasteiger charge is -2.38. The lowest BCUT2D eigenvalue weighted by atomic mass is 9.99. The number of sulfonamides is 1. The van der Waals surface area contributed by atoms with Gasteiger partial charge < -0.3 is 19.1 Å². The number of hydrogen-bond acceptors (Lipinski definition) is 7. The number of aryl methyl sites for hydroxylation is 2. The predicted octanol–water partition coefficient (Wildman–Crippen LogP) is 2.98. The summed E-state index contributed by atoms with van der Waals surface area (Å²) in [4.78, 5) is 17.9. The average molecular weight is 552 g/mol. The average Bonchev–Trinajstić information content (AvgIpc) is 2.92. The number of amides is 1. The lowest BCUT2D eigenvalue weighted by molar-refractivity contribution is -0.140. The summed E-state index contributed by atoms with van der Waals surface area (Å²) in [6.45, 7) is 9.55. The number of nitrogens with zero attached hydrogens (tertiary/aromatic N) is 3. The fourth-order valence-corrected chi connectivity index (χ4v) is 8.25. The molecular formula is C28H45N3O6S. The van der Waals surface area contributed by atoms with Gasteiger partial charge in [0.2, 0.25) is 15.9 Å². The highest BCUT2D eigenvalue weighted by atomic mass is 32.2. The van der Waals surface area contributed by atoms with Crippen LogP contribution < -0.4 is 4.74 Å². The normalized spacial score (nSPS) is 23.9. The van der Waals surface area contributed by atoms with Crippen molar-refractivity contribution in [1.29, 1.82) is 0 Å². The van der Waals surface area contributed by atoms with E-state index in [2.05, 4.69) is 4.90 Å². The van der Waals surface area contributed by atoms with Crippen LogP contribution in [0.1, 0.15) is 56.1 Å². The van der Waals surface area contributed by atoms with Crippen LogP contribution in [0.3, 0.4) is 0 Å². The molecular weight excluding hydrogens is 506 g/mol. The van der Waals surface area contributed by atoms with Crippen molar-refractivity contribution in [3.63, 3.8) is 0 Å². The van der Waals surface area contributed by atoms with Crippen LogP contribution >= 0.6 is 0 Å². The molecule has 0 radical (unpaired) electrons. The SMILES string of the molecule is COc1cc(C)c(S(=O)(=O)N2CCCCC2COCC(=O)N2CCCCC2CCN2CCOCC2)c(C)c1. The molecule has 0 aliphatic carbocycles. The second-order valence-corrected chi connectivity index (χ2v) is 12.7. The summed E-state index contributed by atoms with van der Waals surface area (Å²) >= 11 is 0. The number of piperidine rings is 2. The minimum absolute atomic E-state index is 0.000959. The fourth-order valence-electron chi connectivity index (χ4n) is 6.16. The fraction of sp³-hybridized carbons (Fsp3) is 0.750. The van der Waals surface area contributed by atoms with Gasteiger partial charge in [-0.3, -0.25) is 9.69 Å². The van der Waals surface area contributed by atoms with Gasteiger partial charge in [0.25, 0.3) is 0 Å². The van der Waals surface area contributed by atoms with E-state index >= 15 is 0 Å². The van der Waals surface area contributed by atoms with E-state index < -0.39 is 10.0 Å². The molecule has 3 aliphatic rings. The van der Waals surface area contributed by atoms with Crippen molar-refractivity contribution in [1.82, 2.24) is 14.1 Å². The number of morpholine rings is 1. The maximum Gasteiger partial charge on any atom is 0.248 e. The quantitative estimate of drug-likeness (QED) is 0.442. The van der Waals surface area contributed by atoms with Gasteiger partial charge in [0.1, 0.15) is 12.4 Å². The zero-order valence-corrected chi connectivity index (χ0v) is 24.1. The number of carbonyl (C=O) groups excluding carboxylic acids is 1. The van der Waals surface area contributed by atoms with Gasteiger partial charge in [-0.15, -0.1) is 0 Å². The van der Waals surface area contributed by atoms with Gasteiger partial charge in [0.15, 0.2) is 0 Å². The molecule has 214 valence electrons. The number of likely N-dealkylation sites (tertiary alicyclic amines) is 1. The summed E-state index contributed by atoms with van der Waals surface area (Å²) in [6, 6.07) is 3.50. The van der Waals surface area contributed by atoms with Crippen molar-refractivity contribution in [2.24, 2.45) is 0 Å². The molecule has 38 heavy (non-hydrogen) atoms. The lowest BCUT2D eigenvalue weighted by Crippen LogP contribution is -2.49. The molecule has 3 fully saturated rings. The third-order valence-electron chi connectivity index (χ3n) is 8.17. The highest BCUT2D eigenvalue weighted by Gasteiger charge is 2.36. The number of carbonyl (C=O) groups is 1. The van der Waals surface area contributed by atoms with Gasteiger partial charge in [-0.25, -0.2) is 8.42 Å². The molecule has 0 saturated carbocycles. The highest BCUT2D eigenvalue weighted by Crippen LogP contribution is 2.32. The number of ether oxygens (including phenoxy) is 3. The zero-order chi connectivity index (χ0) is 27.1. The van der Waals surface area contributed by atoms with Crippen LogP contribution in [0.5, 0.6) is 5.75 Å². The number of hydrogen-bond donors (Lipinski definition) is 0. The Bertz CT molecular complexity index is 1020. The predicted molar refractivity (Wildman–Crippen MR) is 146 cm³/mol. The van der Waals surface area contributed by atoms with Crippen LogP contribution in [0.4, 0.5) is 0 Å². The van der Waals surface area contributed by atoms with Gasteiger partial charge in [-0.2, -0.15) is 4.31 Å². The summed E-state index contributed by atoms with van der Waals surface area (Å²) in [5.74, 6) is 0.667. The van der Waals surface area contributed by atoms with Crippen molar-refractivity contribution >= 4 is 15.9 Å². The molecule has 10 heteroatoms. The van der Waals surface area contributed by atoms with Crippen molar-refractivity contribution in [2.45, 2.75) is 75.8 Å². The van der Waals surface area contributed by atoms with E-state index in [0.717, 1.165) is 84.3 Å². The van der Waals surface area contributed by atoms with Gasteiger partial charge >= 0.3 is 0 Å². The topological polar surface area (TPSA) is 88.6 Å². The first-order chi connectivity index (χ1) is 18.3. The summed E-state index contributed by atoms with van der Waals surface area (Å²) in [5.41, 5.74) is 1.35. The van der Waals surface area contributed by atoms with Crippen LogP contribution in [-0.2, 0) is 24.3 Å². The van der Waals surface area contributed by atoms with Crippen molar-refractivity contribution in [3.8, 4) is 5.75 Å². The van der Waals surface area contributed by atoms with E-state index in [0.29, 0.717) is 28.3 Å². The van der Waals surface area contributed by atoms with Crippen LogP contribution in [0.15, 0.2) is 17.0 Å². The Hall–Kier alpha value is -1.72.